The van der Waals surface area contributed by atoms with Crippen LogP contribution in [0, 0.1) is 5.92 Å². The van der Waals surface area contributed by atoms with Crippen LogP contribution in [0.2, 0.25) is 0 Å². The van der Waals surface area contributed by atoms with E-state index in [4.69, 9.17) is 4.74 Å². The molecule has 20 heavy (non-hydrogen) atoms. The first kappa shape index (κ1) is 13.2. The Kier molecular flexibility index (Phi) is 3.29. The third-order valence-corrected chi connectivity index (χ3v) is 3.99. The van der Waals surface area contributed by atoms with Gasteiger partial charge in [-0.2, -0.15) is 0 Å². The van der Waals surface area contributed by atoms with Crippen molar-refractivity contribution >= 4 is 33.2 Å². The molecule has 0 spiro atoms. The maximum atomic E-state index is 11.6. The van der Waals surface area contributed by atoms with Crippen molar-refractivity contribution in [1.82, 2.24) is 9.61 Å². The number of carboxylic acid groups (broad SMARTS) is 1. The van der Waals surface area contributed by atoms with E-state index in [1.165, 1.54) is 12.0 Å². The van der Waals surface area contributed by atoms with Crippen molar-refractivity contribution in [2.45, 2.75) is 12.8 Å². The van der Waals surface area contributed by atoms with Crippen LogP contribution in [0.5, 0.6) is 5.88 Å². The second kappa shape index (κ2) is 4.97. The molecule has 0 radical (unpaired) electrons. The summed E-state index contributed by atoms with van der Waals surface area (Å²) in [6, 6.07) is 5.52. The number of rotatable bonds is 4. The molecule has 2 aromatic heterocycles. The monoisotopic (exact) mass is 339 g/mol. The highest BCUT2D eigenvalue weighted by Crippen LogP contribution is 2.38. The SMILES string of the molecule is COc1nn2c(Br)cccc2c1N(CC1CC1)C(=O)O. The molecule has 7 heteroatoms. The van der Waals surface area contributed by atoms with Crippen molar-refractivity contribution in [3.8, 4) is 5.88 Å². The van der Waals surface area contributed by atoms with Crippen LogP contribution in [0.15, 0.2) is 22.8 Å². The largest absolute Gasteiger partial charge is 0.478 e. The number of carbonyl (C=O) groups is 1. The van der Waals surface area contributed by atoms with Gasteiger partial charge >= 0.3 is 6.09 Å². The molecule has 0 saturated heterocycles. The summed E-state index contributed by atoms with van der Waals surface area (Å²) in [5, 5.41) is 13.8. The van der Waals surface area contributed by atoms with Gasteiger partial charge in [-0.3, -0.25) is 4.90 Å². The summed E-state index contributed by atoms with van der Waals surface area (Å²) < 4.78 is 7.64. The number of pyridine rings is 1. The number of halogens is 1. The van der Waals surface area contributed by atoms with Crippen LogP contribution in [0.4, 0.5) is 10.5 Å². The van der Waals surface area contributed by atoms with Crippen LogP contribution in [0.3, 0.4) is 0 Å². The van der Waals surface area contributed by atoms with E-state index in [1.54, 1.807) is 4.52 Å². The Morgan fingerprint density at radius 3 is 2.95 bits per heavy atom. The normalized spacial score (nSPS) is 14.5. The third-order valence-electron chi connectivity index (χ3n) is 3.39. The molecule has 1 fully saturated rings. The van der Waals surface area contributed by atoms with Gasteiger partial charge in [-0.15, -0.1) is 5.10 Å². The minimum absolute atomic E-state index is 0.319. The fourth-order valence-electron chi connectivity index (χ4n) is 2.22. The van der Waals surface area contributed by atoms with Gasteiger partial charge in [0, 0.05) is 6.54 Å². The van der Waals surface area contributed by atoms with Crippen molar-refractivity contribution in [2.75, 3.05) is 18.6 Å². The Bertz CT molecular complexity index is 666. The first-order valence-electron chi connectivity index (χ1n) is 6.33. The lowest BCUT2D eigenvalue weighted by Gasteiger charge is -2.18. The topological polar surface area (TPSA) is 67.1 Å². The van der Waals surface area contributed by atoms with E-state index >= 15 is 0 Å². The molecule has 0 atom stereocenters. The maximum Gasteiger partial charge on any atom is 0.412 e. The lowest BCUT2D eigenvalue weighted by Crippen LogP contribution is -2.31. The van der Waals surface area contributed by atoms with Gasteiger partial charge < -0.3 is 9.84 Å². The van der Waals surface area contributed by atoms with Crippen LogP contribution in [0.25, 0.3) is 5.52 Å². The highest BCUT2D eigenvalue weighted by molar-refractivity contribution is 9.10. The molecule has 6 nitrogen and oxygen atoms in total. The molecule has 2 aromatic rings. The molecule has 1 saturated carbocycles. The lowest BCUT2D eigenvalue weighted by atomic mass is 10.3. The fourth-order valence-corrected chi connectivity index (χ4v) is 2.64. The number of anilines is 1. The van der Waals surface area contributed by atoms with Crippen LogP contribution in [-0.2, 0) is 0 Å². The molecule has 0 unspecified atom stereocenters. The van der Waals surface area contributed by atoms with Gasteiger partial charge in [0.25, 0.3) is 5.88 Å². The average Bonchev–Trinajstić information content (AvgIpc) is 3.16. The van der Waals surface area contributed by atoms with Crippen molar-refractivity contribution in [1.29, 1.82) is 0 Å². The number of hydrogen-bond acceptors (Lipinski definition) is 3. The molecule has 3 rings (SSSR count). The quantitative estimate of drug-likeness (QED) is 0.869. The van der Waals surface area contributed by atoms with Gasteiger partial charge in [0.05, 0.1) is 12.6 Å². The Labute approximate surface area is 124 Å². The predicted molar refractivity (Wildman–Crippen MR) is 77.5 cm³/mol. The van der Waals surface area contributed by atoms with Gasteiger partial charge in [0.1, 0.15) is 10.3 Å². The van der Waals surface area contributed by atoms with E-state index in [1.807, 2.05) is 18.2 Å². The lowest BCUT2D eigenvalue weighted by molar-refractivity contribution is 0.201. The summed E-state index contributed by atoms with van der Waals surface area (Å²) in [6.45, 7) is 0.486. The standard InChI is InChI=1S/C13H14BrN3O3/c1-20-12-11(16(13(18)19)7-8-5-6-8)9-3-2-4-10(14)17(9)15-12/h2-4,8H,5-7H2,1H3,(H,18,19). The Morgan fingerprint density at radius 1 is 1.60 bits per heavy atom. The van der Waals surface area contributed by atoms with E-state index in [0.717, 1.165) is 17.4 Å². The maximum absolute atomic E-state index is 11.6. The van der Waals surface area contributed by atoms with E-state index in [2.05, 4.69) is 21.0 Å². The molecule has 1 aliphatic carbocycles. The van der Waals surface area contributed by atoms with E-state index < -0.39 is 6.09 Å². The molecular weight excluding hydrogens is 326 g/mol. The fraction of sp³-hybridized carbons (Fsp3) is 0.385. The minimum atomic E-state index is -0.981. The number of nitrogens with zero attached hydrogens (tertiary/aromatic N) is 3. The molecule has 1 amide bonds. The van der Waals surface area contributed by atoms with Gasteiger partial charge in [0.2, 0.25) is 0 Å². The third kappa shape index (κ3) is 2.22. The van der Waals surface area contributed by atoms with Crippen LogP contribution < -0.4 is 9.64 Å². The molecule has 2 heterocycles. The van der Waals surface area contributed by atoms with Gasteiger partial charge in [-0.25, -0.2) is 9.31 Å². The average molecular weight is 340 g/mol. The smallest absolute Gasteiger partial charge is 0.412 e. The summed E-state index contributed by atoms with van der Waals surface area (Å²) >= 11 is 3.40. The van der Waals surface area contributed by atoms with Gasteiger partial charge in [-0.05, 0) is 46.8 Å². The number of amides is 1. The number of hydrogen-bond donors (Lipinski definition) is 1. The Balaban J connectivity index is 2.16. The van der Waals surface area contributed by atoms with Crippen LogP contribution in [0.1, 0.15) is 12.8 Å². The van der Waals surface area contributed by atoms with Crippen LogP contribution >= 0.6 is 15.9 Å². The van der Waals surface area contributed by atoms with Gasteiger partial charge in [0.15, 0.2) is 0 Å². The summed E-state index contributed by atoms with van der Waals surface area (Å²) in [4.78, 5) is 12.9. The molecule has 0 aromatic carbocycles. The van der Waals surface area contributed by atoms with E-state index in [9.17, 15) is 9.90 Å². The Morgan fingerprint density at radius 2 is 2.35 bits per heavy atom. The van der Waals surface area contributed by atoms with Crippen molar-refractivity contribution < 1.29 is 14.6 Å². The van der Waals surface area contributed by atoms with Crippen molar-refractivity contribution in [3.63, 3.8) is 0 Å². The first-order chi connectivity index (χ1) is 9.61. The summed E-state index contributed by atoms with van der Waals surface area (Å²) in [5.41, 5.74) is 1.22. The van der Waals surface area contributed by atoms with Crippen molar-refractivity contribution in [3.05, 3.63) is 22.8 Å². The predicted octanol–water partition coefficient (Wildman–Crippen LogP) is 3.00. The molecule has 106 valence electrons. The summed E-state index contributed by atoms with van der Waals surface area (Å²) in [7, 11) is 1.50. The number of ether oxygens (including phenoxy) is 1. The highest BCUT2D eigenvalue weighted by atomic mass is 79.9. The summed E-state index contributed by atoms with van der Waals surface area (Å²) in [5.74, 6) is 0.762. The van der Waals surface area contributed by atoms with Gasteiger partial charge in [-0.1, -0.05) is 6.07 Å². The first-order valence-corrected chi connectivity index (χ1v) is 7.13. The zero-order valence-electron chi connectivity index (χ0n) is 10.9. The summed E-state index contributed by atoms with van der Waals surface area (Å²) in [6.07, 6.45) is 1.18. The second-order valence-corrected chi connectivity index (χ2v) is 5.65. The minimum Gasteiger partial charge on any atom is -0.478 e. The van der Waals surface area contributed by atoms with Crippen molar-refractivity contribution in [2.24, 2.45) is 5.92 Å². The number of methoxy groups -OCH3 is 1. The van der Waals surface area contributed by atoms with E-state index in [0.29, 0.717) is 29.5 Å². The second-order valence-electron chi connectivity index (χ2n) is 4.84. The molecule has 0 bridgehead atoms. The zero-order valence-corrected chi connectivity index (χ0v) is 12.5. The molecule has 1 N–H and O–H groups in total. The molecule has 1 aliphatic rings. The molecular formula is C13H14BrN3O3. The molecule has 0 aliphatic heterocycles. The van der Waals surface area contributed by atoms with E-state index in [-0.39, 0.29) is 0 Å². The number of aromatic nitrogens is 2. The van der Waals surface area contributed by atoms with Crippen LogP contribution in [-0.4, -0.2) is 34.5 Å². The number of fused-ring (bicyclic) bond motifs is 1. The Hall–Kier alpha value is -1.76. The zero-order chi connectivity index (χ0) is 14.3. The highest BCUT2D eigenvalue weighted by Gasteiger charge is 2.31.